The minimum absolute atomic E-state index is 0.481. The summed E-state index contributed by atoms with van der Waals surface area (Å²) in [6.07, 6.45) is 1.34. The maximum absolute atomic E-state index is 9.29. The molecule has 0 radical (unpaired) electrons. The van der Waals surface area contributed by atoms with Crippen LogP contribution in [0.1, 0.15) is 18.7 Å². The highest BCUT2D eigenvalue weighted by molar-refractivity contribution is 7.99. The van der Waals surface area contributed by atoms with Crippen LogP contribution in [0.15, 0.2) is 23.2 Å². The Hall–Kier alpha value is -0.580. The highest BCUT2D eigenvalue weighted by atomic mass is 32.2. The van der Waals surface area contributed by atoms with Crippen molar-refractivity contribution in [2.24, 2.45) is 0 Å². The summed E-state index contributed by atoms with van der Waals surface area (Å²) in [5.74, 6) is 1.06. The second-order valence-electron chi connectivity index (χ2n) is 3.75. The lowest BCUT2D eigenvalue weighted by Gasteiger charge is -2.09. The molecule has 1 aromatic heterocycles. The molecule has 1 rings (SSSR count). The Morgan fingerprint density at radius 3 is 2.67 bits per heavy atom. The predicted octanol–water partition coefficient (Wildman–Crippen LogP) is 1.79. The monoisotopic (exact) mass is 226 g/mol. The first-order valence-electron chi connectivity index (χ1n) is 5.01. The van der Waals surface area contributed by atoms with Crippen molar-refractivity contribution >= 4 is 11.8 Å². The van der Waals surface area contributed by atoms with Gasteiger partial charge in [0.2, 0.25) is 0 Å². The number of rotatable bonds is 5. The van der Waals surface area contributed by atoms with E-state index >= 15 is 0 Å². The van der Waals surface area contributed by atoms with Crippen LogP contribution in [0.5, 0.6) is 0 Å². The molecule has 0 aliphatic rings. The van der Waals surface area contributed by atoms with Crippen LogP contribution >= 0.6 is 11.8 Å². The first-order valence-corrected chi connectivity index (χ1v) is 5.99. The van der Waals surface area contributed by atoms with Crippen molar-refractivity contribution in [2.45, 2.75) is 17.9 Å². The normalized spacial score (nSPS) is 13.1. The molecule has 84 valence electrons. The number of thioether (sulfide) groups is 1. The maximum atomic E-state index is 9.29. The molecule has 1 N–H and O–H groups in total. The highest BCUT2D eigenvalue weighted by Crippen LogP contribution is 2.18. The zero-order valence-electron chi connectivity index (χ0n) is 9.47. The summed E-state index contributed by atoms with van der Waals surface area (Å²) in [5.41, 5.74) is 0.729. The van der Waals surface area contributed by atoms with Crippen LogP contribution < -0.4 is 0 Å². The highest BCUT2D eigenvalue weighted by Gasteiger charge is 2.02. The van der Waals surface area contributed by atoms with Crippen molar-refractivity contribution in [1.29, 1.82) is 0 Å². The van der Waals surface area contributed by atoms with Gasteiger partial charge in [0.15, 0.2) is 0 Å². The molecular weight excluding hydrogens is 208 g/mol. The molecule has 0 fully saturated rings. The molecular formula is C11H18N2OS. The van der Waals surface area contributed by atoms with Gasteiger partial charge in [0, 0.05) is 23.4 Å². The standard InChI is InChI=1S/C11H18N2OS/c1-9(14)11-5-4-10(8-12-11)15-7-6-13(2)3/h4-5,8-9,14H,6-7H2,1-3H3/t9-/m1/s1. The van der Waals surface area contributed by atoms with Crippen molar-refractivity contribution in [3.63, 3.8) is 0 Å². The van der Waals surface area contributed by atoms with E-state index in [9.17, 15) is 5.11 Å². The third kappa shape index (κ3) is 4.64. The van der Waals surface area contributed by atoms with Crippen molar-refractivity contribution in [1.82, 2.24) is 9.88 Å². The quantitative estimate of drug-likeness (QED) is 0.777. The molecule has 0 aliphatic heterocycles. The molecule has 0 aliphatic carbocycles. The van der Waals surface area contributed by atoms with E-state index < -0.39 is 6.10 Å². The Kier molecular flexibility index (Phi) is 5.08. The summed E-state index contributed by atoms with van der Waals surface area (Å²) in [5, 5.41) is 9.29. The first-order chi connectivity index (χ1) is 7.09. The van der Waals surface area contributed by atoms with Crippen molar-refractivity contribution in [3.8, 4) is 0 Å². The number of hydrogen-bond donors (Lipinski definition) is 1. The third-order valence-electron chi connectivity index (χ3n) is 1.99. The summed E-state index contributed by atoms with van der Waals surface area (Å²) in [6, 6.07) is 3.89. The molecule has 0 amide bonds. The predicted molar refractivity (Wildman–Crippen MR) is 64.1 cm³/mol. The van der Waals surface area contributed by atoms with Gasteiger partial charge in [-0.3, -0.25) is 4.98 Å². The number of aromatic nitrogens is 1. The fourth-order valence-corrected chi connectivity index (χ4v) is 2.05. The van der Waals surface area contributed by atoms with E-state index in [4.69, 9.17) is 0 Å². The molecule has 4 heteroatoms. The fraction of sp³-hybridized carbons (Fsp3) is 0.545. The zero-order valence-corrected chi connectivity index (χ0v) is 10.3. The number of pyridine rings is 1. The smallest absolute Gasteiger partial charge is 0.0931 e. The number of hydrogen-bond acceptors (Lipinski definition) is 4. The molecule has 1 aromatic rings. The zero-order chi connectivity index (χ0) is 11.3. The van der Waals surface area contributed by atoms with Crippen molar-refractivity contribution < 1.29 is 5.11 Å². The molecule has 0 unspecified atom stereocenters. The lowest BCUT2D eigenvalue weighted by molar-refractivity contribution is 0.194. The number of aliphatic hydroxyl groups is 1. The first kappa shape index (κ1) is 12.5. The van der Waals surface area contributed by atoms with Crippen molar-refractivity contribution in [2.75, 3.05) is 26.4 Å². The summed E-state index contributed by atoms with van der Waals surface area (Å²) in [6.45, 7) is 2.78. The topological polar surface area (TPSA) is 36.4 Å². The van der Waals surface area contributed by atoms with Gasteiger partial charge in [0.25, 0.3) is 0 Å². The average molecular weight is 226 g/mol. The van der Waals surface area contributed by atoms with Gasteiger partial charge >= 0.3 is 0 Å². The molecule has 0 saturated carbocycles. The molecule has 1 atom stereocenters. The van der Waals surface area contributed by atoms with E-state index in [1.807, 2.05) is 18.3 Å². The van der Waals surface area contributed by atoms with Crippen LogP contribution in [-0.4, -0.2) is 41.4 Å². The Morgan fingerprint density at radius 1 is 1.47 bits per heavy atom. The van der Waals surface area contributed by atoms with E-state index in [0.29, 0.717) is 0 Å². The molecule has 0 aromatic carbocycles. The molecule has 15 heavy (non-hydrogen) atoms. The van der Waals surface area contributed by atoms with Gasteiger partial charge in [-0.2, -0.15) is 0 Å². The van der Waals surface area contributed by atoms with Crippen LogP contribution in [0.25, 0.3) is 0 Å². The second kappa shape index (κ2) is 6.10. The second-order valence-corrected chi connectivity index (χ2v) is 4.91. The lowest BCUT2D eigenvalue weighted by atomic mass is 10.2. The van der Waals surface area contributed by atoms with Crippen LogP contribution in [0.3, 0.4) is 0 Å². The lowest BCUT2D eigenvalue weighted by Crippen LogP contribution is -2.14. The summed E-state index contributed by atoms with van der Waals surface area (Å²) < 4.78 is 0. The van der Waals surface area contributed by atoms with Gasteiger partial charge in [-0.25, -0.2) is 0 Å². The summed E-state index contributed by atoms with van der Waals surface area (Å²) >= 11 is 1.78. The fourth-order valence-electron chi connectivity index (χ4n) is 1.07. The molecule has 1 heterocycles. The average Bonchev–Trinajstić information content (AvgIpc) is 2.18. The van der Waals surface area contributed by atoms with E-state index in [1.165, 1.54) is 0 Å². The molecule has 0 spiro atoms. The summed E-state index contributed by atoms with van der Waals surface area (Å²) in [7, 11) is 4.13. The van der Waals surface area contributed by atoms with Gasteiger partial charge in [0.05, 0.1) is 11.8 Å². The minimum atomic E-state index is -0.481. The van der Waals surface area contributed by atoms with Crippen LogP contribution in [0.2, 0.25) is 0 Å². The Bertz CT molecular complexity index is 285. The van der Waals surface area contributed by atoms with E-state index in [2.05, 4.69) is 24.0 Å². The Balaban J connectivity index is 2.43. The van der Waals surface area contributed by atoms with Crippen molar-refractivity contribution in [3.05, 3.63) is 24.0 Å². The van der Waals surface area contributed by atoms with E-state index in [0.717, 1.165) is 22.9 Å². The van der Waals surface area contributed by atoms with Gasteiger partial charge in [-0.1, -0.05) is 0 Å². The van der Waals surface area contributed by atoms with Crippen LogP contribution in [0.4, 0.5) is 0 Å². The van der Waals surface area contributed by atoms with Gasteiger partial charge in [-0.05, 0) is 33.2 Å². The minimum Gasteiger partial charge on any atom is -0.387 e. The SMILES string of the molecule is C[C@@H](O)c1ccc(SCCN(C)C)cn1. The largest absolute Gasteiger partial charge is 0.387 e. The molecule has 0 bridgehead atoms. The Morgan fingerprint density at radius 2 is 2.20 bits per heavy atom. The van der Waals surface area contributed by atoms with E-state index in [-0.39, 0.29) is 0 Å². The van der Waals surface area contributed by atoms with Crippen LogP contribution in [-0.2, 0) is 0 Å². The number of aliphatic hydroxyl groups excluding tert-OH is 1. The Labute approximate surface area is 95.5 Å². The van der Waals surface area contributed by atoms with Gasteiger partial charge in [-0.15, -0.1) is 11.8 Å². The third-order valence-corrected chi connectivity index (χ3v) is 2.96. The summed E-state index contributed by atoms with van der Waals surface area (Å²) in [4.78, 5) is 7.50. The maximum Gasteiger partial charge on any atom is 0.0931 e. The molecule has 3 nitrogen and oxygen atoms in total. The van der Waals surface area contributed by atoms with Crippen LogP contribution in [0, 0.1) is 0 Å². The number of nitrogens with zero attached hydrogens (tertiary/aromatic N) is 2. The van der Waals surface area contributed by atoms with Gasteiger partial charge < -0.3 is 10.0 Å². The molecule has 0 saturated heterocycles. The van der Waals surface area contributed by atoms with E-state index in [1.54, 1.807) is 18.7 Å². The van der Waals surface area contributed by atoms with Gasteiger partial charge in [0.1, 0.15) is 0 Å².